The highest BCUT2D eigenvalue weighted by Crippen LogP contribution is 2.20. The smallest absolute Gasteiger partial charge is 0.142 e. The highest BCUT2D eigenvalue weighted by atomic mass is 16.5. The van der Waals surface area contributed by atoms with Gasteiger partial charge in [0.05, 0.1) is 12.7 Å². The third kappa shape index (κ3) is 3.36. The third-order valence-electron chi connectivity index (χ3n) is 3.55. The van der Waals surface area contributed by atoms with Crippen LogP contribution in [0, 0.1) is 11.3 Å². The van der Waals surface area contributed by atoms with Gasteiger partial charge in [-0.05, 0) is 36.2 Å². The number of nitriles is 1. The van der Waals surface area contributed by atoms with Crippen LogP contribution in [0.2, 0.25) is 0 Å². The largest absolute Gasteiger partial charge is 0.372 e. The van der Waals surface area contributed by atoms with Gasteiger partial charge < -0.3 is 9.64 Å². The molecule has 1 fully saturated rings. The van der Waals surface area contributed by atoms with Gasteiger partial charge in [-0.1, -0.05) is 6.07 Å². The van der Waals surface area contributed by atoms with E-state index in [9.17, 15) is 0 Å². The Morgan fingerprint density at radius 2 is 2.14 bits per heavy atom. The quantitative estimate of drug-likeness (QED) is 0.858. The van der Waals surface area contributed by atoms with Gasteiger partial charge in [0.2, 0.25) is 0 Å². The standard InChI is InChI=1S/C16H16N4O/c17-10-14-2-1-3-16(19-14)20-9-6-15(11-20)21-12-13-4-7-18-8-5-13/h1-5,7-8,15H,6,9,11-12H2. The summed E-state index contributed by atoms with van der Waals surface area (Å²) in [5, 5.41) is 8.91. The van der Waals surface area contributed by atoms with E-state index in [-0.39, 0.29) is 6.10 Å². The summed E-state index contributed by atoms with van der Waals surface area (Å²) in [5.74, 6) is 0.851. The molecule has 0 spiro atoms. The first-order chi connectivity index (χ1) is 10.3. The molecule has 5 nitrogen and oxygen atoms in total. The molecule has 1 atom stereocenters. The van der Waals surface area contributed by atoms with Crippen LogP contribution in [-0.4, -0.2) is 29.2 Å². The number of nitrogens with zero attached hydrogens (tertiary/aromatic N) is 4. The third-order valence-corrected chi connectivity index (χ3v) is 3.55. The molecule has 3 rings (SSSR count). The van der Waals surface area contributed by atoms with E-state index in [4.69, 9.17) is 10.00 Å². The molecular weight excluding hydrogens is 264 g/mol. The van der Waals surface area contributed by atoms with Crippen LogP contribution in [0.4, 0.5) is 5.82 Å². The Kier molecular flexibility index (Phi) is 4.08. The molecule has 5 heteroatoms. The zero-order valence-corrected chi connectivity index (χ0v) is 11.6. The molecule has 1 unspecified atom stereocenters. The van der Waals surface area contributed by atoms with Crippen LogP contribution in [0.15, 0.2) is 42.7 Å². The lowest BCUT2D eigenvalue weighted by Gasteiger charge is -2.17. The molecule has 2 aromatic rings. The van der Waals surface area contributed by atoms with Gasteiger partial charge in [0.15, 0.2) is 0 Å². The first kappa shape index (κ1) is 13.5. The number of rotatable bonds is 4. The highest BCUT2D eigenvalue weighted by Gasteiger charge is 2.24. The molecule has 0 bridgehead atoms. The Balaban J connectivity index is 1.57. The first-order valence-electron chi connectivity index (χ1n) is 6.98. The minimum absolute atomic E-state index is 0.200. The van der Waals surface area contributed by atoms with Crippen molar-refractivity contribution >= 4 is 5.82 Å². The van der Waals surface area contributed by atoms with E-state index in [1.54, 1.807) is 18.5 Å². The zero-order chi connectivity index (χ0) is 14.5. The fourth-order valence-electron chi connectivity index (χ4n) is 2.43. The number of hydrogen-bond donors (Lipinski definition) is 0. The molecule has 0 N–H and O–H groups in total. The minimum Gasteiger partial charge on any atom is -0.372 e. The van der Waals surface area contributed by atoms with Crippen molar-refractivity contribution in [1.29, 1.82) is 5.26 Å². The molecule has 0 saturated carbocycles. The van der Waals surface area contributed by atoms with E-state index in [0.29, 0.717) is 12.3 Å². The molecule has 21 heavy (non-hydrogen) atoms. The monoisotopic (exact) mass is 280 g/mol. The number of aromatic nitrogens is 2. The molecule has 1 aliphatic heterocycles. The highest BCUT2D eigenvalue weighted by molar-refractivity contribution is 5.42. The molecule has 0 radical (unpaired) electrons. The van der Waals surface area contributed by atoms with Crippen molar-refractivity contribution in [2.24, 2.45) is 0 Å². The Hall–Kier alpha value is -2.45. The van der Waals surface area contributed by atoms with Crippen molar-refractivity contribution in [2.45, 2.75) is 19.1 Å². The van der Waals surface area contributed by atoms with Crippen LogP contribution in [0.1, 0.15) is 17.7 Å². The first-order valence-corrected chi connectivity index (χ1v) is 6.98. The zero-order valence-electron chi connectivity index (χ0n) is 11.6. The molecule has 0 aliphatic carbocycles. The topological polar surface area (TPSA) is 62.0 Å². The summed E-state index contributed by atoms with van der Waals surface area (Å²) in [5.41, 5.74) is 1.58. The van der Waals surface area contributed by atoms with Crippen LogP contribution in [0.25, 0.3) is 0 Å². The van der Waals surface area contributed by atoms with Gasteiger partial charge in [0.25, 0.3) is 0 Å². The average Bonchev–Trinajstić information content (AvgIpc) is 3.03. The van der Waals surface area contributed by atoms with Gasteiger partial charge in [-0.25, -0.2) is 4.98 Å². The predicted octanol–water partition coefficient (Wildman–Crippen LogP) is 2.14. The molecule has 0 aromatic carbocycles. The maximum absolute atomic E-state index is 8.91. The number of hydrogen-bond acceptors (Lipinski definition) is 5. The van der Waals surface area contributed by atoms with Crippen molar-refractivity contribution in [3.05, 3.63) is 54.0 Å². The lowest BCUT2D eigenvalue weighted by atomic mass is 10.3. The second-order valence-electron chi connectivity index (χ2n) is 5.02. The lowest BCUT2D eigenvalue weighted by molar-refractivity contribution is 0.0553. The van der Waals surface area contributed by atoms with E-state index < -0.39 is 0 Å². The summed E-state index contributed by atoms with van der Waals surface area (Å²) in [6.45, 7) is 2.32. The van der Waals surface area contributed by atoms with Crippen molar-refractivity contribution < 1.29 is 4.74 Å². The van der Waals surface area contributed by atoms with Crippen molar-refractivity contribution in [3.8, 4) is 6.07 Å². The summed E-state index contributed by atoms with van der Waals surface area (Å²) >= 11 is 0. The Morgan fingerprint density at radius 1 is 1.29 bits per heavy atom. The molecule has 3 heterocycles. The fourth-order valence-corrected chi connectivity index (χ4v) is 2.43. The fraction of sp³-hybridized carbons (Fsp3) is 0.312. The van der Waals surface area contributed by atoms with Crippen molar-refractivity contribution in [1.82, 2.24) is 9.97 Å². The van der Waals surface area contributed by atoms with Gasteiger partial charge in [-0.15, -0.1) is 0 Å². The maximum Gasteiger partial charge on any atom is 0.142 e. The number of ether oxygens (including phenoxy) is 1. The normalized spacial score (nSPS) is 17.7. The summed E-state index contributed by atoms with van der Waals surface area (Å²) in [6.07, 6.45) is 4.72. The Morgan fingerprint density at radius 3 is 2.95 bits per heavy atom. The van der Waals surface area contributed by atoms with Crippen LogP contribution in [0.3, 0.4) is 0 Å². The van der Waals surface area contributed by atoms with Crippen LogP contribution < -0.4 is 4.90 Å². The summed E-state index contributed by atoms with van der Waals surface area (Å²) in [7, 11) is 0. The summed E-state index contributed by atoms with van der Waals surface area (Å²) in [4.78, 5) is 10.5. The van der Waals surface area contributed by atoms with Crippen LogP contribution >= 0.6 is 0 Å². The molecule has 106 valence electrons. The SMILES string of the molecule is N#Cc1cccc(N2CCC(OCc3ccncc3)C2)n1. The molecule has 2 aromatic heterocycles. The van der Waals surface area contributed by atoms with Gasteiger partial charge >= 0.3 is 0 Å². The number of pyridine rings is 2. The Bertz CT molecular complexity index is 638. The van der Waals surface area contributed by atoms with Gasteiger partial charge in [-0.3, -0.25) is 4.98 Å². The molecule has 1 aliphatic rings. The van der Waals surface area contributed by atoms with Crippen molar-refractivity contribution in [2.75, 3.05) is 18.0 Å². The van der Waals surface area contributed by atoms with E-state index in [1.807, 2.05) is 24.3 Å². The minimum atomic E-state index is 0.200. The second-order valence-corrected chi connectivity index (χ2v) is 5.02. The maximum atomic E-state index is 8.91. The second kappa shape index (κ2) is 6.33. The molecular formula is C16H16N4O. The molecule has 1 saturated heterocycles. The Labute approximate surface area is 123 Å². The summed E-state index contributed by atoms with van der Waals surface area (Å²) < 4.78 is 5.94. The lowest BCUT2D eigenvalue weighted by Crippen LogP contribution is -2.23. The van der Waals surface area contributed by atoms with Crippen LogP contribution in [-0.2, 0) is 11.3 Å². The average molecular weight is 280 g/mol. The number of anilines is 1. The van der Waals surface area contributed by atoms with E-state index in [2.05, 4.69) is 20.9 Å². The van der Waals surface area contributed by atoms with E-state index in [1.165, 1.54) is 0 Å². The summed E-state index contributed by atoms with van der Waals surface area (Å²) in [6, 6.07) is 11.5. The van der Waals surface area contributed by atoms with Gasteiger partial charge in [-0.2, -0.15) is 5.26 Å². The molecule has 0 amide bonds. The van der Waals surface area contributed by atoms with E-state index in [0.717, 1.165) is 30.9 Å². The van der Waals surface area contributed by atoms with E-state index >= 15 is 0 Å². The predicted molar refractivity (Wildman–Crippen MR) is 78.6 cm³/mol. The van der Waals surface area contributed by atoms with Gasteiger partial charge in [0, 0.05) is 25.5 Å². The van der Waals surface area contributed by atoms with Crippen LogP contribution in [0.5, 0.6) is 0 Å². The van der Waals surface area contributed by atoms with Gasteiger partial charge in [0.1, 0.15) is 17.6 Å². The van der Waals surface area contributed by atoms with Crippen molar-refractivity contribution in [3.63, 3.8) is 0 Å².